The molecule has 0 aromatic carbocycles. The van der Waals surface area contributed by atoms with Crippen molar-refractivity contribution >= 4 is 5.97 Å². The zero-order valence-electron chi connectivity index (χ0n) is 9.58. The predicted molar refractivity (Wildman–Crippen MR) is 55.4 cm³/mol. The van der Waals surface area contributed by atoms with Crippen LogP contribution in [0.1, 0.15) is 40.0 Å². The third-order valence-electron chi connectivity index (χ3n) is 2.38. The molecule has 1 aliphatic rings. The van der Waals surface area contributed by atoms with Crippen LogP contribution < -0.4 is 11.4 Å². The molecule has 1 aliphatic carbocycles. The first-order chi connectivity index (χ1) is 6.94. The third kappa shape index (κ3) is 3.77. The molecule has 1 saturated carbocycles. The normalized spacial score (nSPS) is 26.7. The Kier molecular flexibility index (Phi) is 4.07. The summed E-state index contributed by atoms with van der Waals surface area (Å²) < 4.78 is 5.31. The van der Waals surface area contributed by atoms with E-state index in [0.29, 0.717) is 0 Å². The third-order valence-corrected chi connectivity index (χ3v) is 2.38. The Bertz CT molecular complexity index is 225. The molecule has 0 saturated heterocycles. The Labute approximate surface area is 90.2 Å². The molecule has 0 aromatic rings. The lowest BCUT2D eigenvalue weighted by molar-refractivity contribution is -0.166. The van der Waals surface area contributed by atoms with Gasteiger partial charge in [0.1, 0.15) is 5.60 Å². The summed E-state index contributed by atoms with van der Waals surface area (Å²) in [6.45, 7) is 5.57. The van der Waals surface area contributed by atoms with Gasteiger partial charge in [0.05, 0.1) is 12.0 Å². The monoisotopic (exact) mass is 216 g/mol. The second-order valence-electron chi connectivity index (χ2n) is 4.85. The largest absolute Gasteiger partial charge is 0.460 e. The summed E-state index contributed by atoms with van der Waals surface area (Å²) in [5, 5.41) is 0. The first kappa shape index (κ1) is 12.4. The minimum atomic E-state index is -0.444. The van der Waals surface area contributed by atoms with Crippen molar-refractivity contribution < 1.29 is 14.4 Å². The number of ether oxygens (including phenoxy) is 1. The van der Waals surface area contributed by atoms with Crippen molar-refractivity contribution in [3.8, 4) is 0 Å². The molecule has 0 radical (unpaired) electrons. The van der Waals surface area contributed by atoms with Gasteiger partial charge in [-0.25, -0.2) is 5.84 Å². The van der Waals surface area contributed by atoms with Gasteiger partial charge in [0.25, 0.3) is 0 Å². The highest BCUT2D eigenvalue weighted by atomic mass is 16.7. The van der Waals surface area contributed by atoms with Crippen molar-refractivity contribution in [1.29, 1.82) is 0 Å². The van der Waals surface area contributed by atoms with Crippen LogP contribution in [-0.2, 0) is 14.4 Å². The number of esters is 1. The number of hydrogen-bond donors (Lipinski definition) is 2. The van der Waals surface area contributed by atoms with E-state index in [2.05, 4.69) is 5.59 Å². The van der Waals surface area contributed by atoms with Gasteiger partial charge in [0, 0.05) is 0 Å². The Morgan fingerprint density at radius 2 is 2.07 bits per heavy atom. The number of carbonyl (C=O) groups is 1. The molecule has 0 spiro atoms. The van der Waals surface area contributed by atoms with Crippen molar-refractivity contribution in [2.24, 2.45) is 11.8 Å². The van der Waals surface area contributed by atoms with Gasteiger partial charge in [0.15, 0.2) is 0 Å². The molecule has 5 nitrogen and oxygen atoms in total. The van der Waals surface area contributed by atoms with Crippen LogP contribution in [-0.4, -0.2) is 17.7 Å². The minimum absolute atomic E-state index is 0.162. The van der Waals surface area contributed by atoms with Gasteiger partial charge < -0.3 is 4.74 Å². The summed E-state index contributed by atoms with van der Waals surface area (Å²) in [5.41, 5.74) is 1.71. The fraction of sp³-hybridized carbons (Fsp3) is 0.900. The summed E-state index contributed by atoms with van der Waals surface area (Å²) in [5.74, 6) is 4.69. The Hall–Kier alpha value is -0.650. The van der Waals surface area contributed by atoms with Gasteiger partial charge in [-0.1, -0.05) is 0 Å². The van der Waals surface area contributed by atoms with Crippen molar-refractivity contribution in [2.75, 3.05) is 0 Å². The lowest BCUT2D eigenvalue weighted by Gasteiger charge is -2.24. The second kappa shape index (κ2) is 4.92. The number of nitrogens with one attached hydrogen (secondary N) is 1. The molecule has 0 unspecified atom stereocenters. The molecule has 0 heterocycles. The molecule has 5 heteroatoms. The van der Waals surface area contributed by atoms with E-state index in [1.807, 2.05) is 20.8 Å². The van der Waals surface area contributed by atoms with E-state index < -0.39 is 5.60 Å². The SMILES string of the molecule is CC(C)(C)OC(=O)[C@@H]1CCC[C@H]1ONN. The minimum Gasteiger partial charge on any atom is -0.460 e. The van der Waals surface area contributed by atoms with Crippen LogP contribution in [0.4, 0.5) is 0 Å². The predicted octanol–water partition coefficient (Wildman–Crippen LogP) is 0.892. The number of hydrogen-bond acceptors (Lipinski definition) is 5. The van der Waals surface area contributed by atoms with E-state index in [9.17, 15) is 4.79 Å². The molecule has 0 aromatic heterocycles. The average Bonchev–Trinajstić information content (AvgIpc) is 2.49. The maximum atomic E-state index is 11.8. The van der Waals surface area contributed by atoms with Crippen LogP contribution in [0.15, 0.2) is 0 Å². The number of nitrogens with two attached hydrogens (primary N) is 1. The van der Waals surface area contributed by atoms with E-state index in [1.165, 1.54) is 0 Å². The molecule has 1 rings (SSSR count). The molecule has 0 amide bonds. The van der Waals surface area contributed by atoms with Gasteiger partial charge in [-0.05, 0) is 40.0 Å². The lowest BCUT2D eigenvalue weighted by atomic mass is 10.1. The first-order valence-corrected chi connectivity index (χ1v) is 5.28. The van der Waals surface area contributed by atoms with Crippen LogP contribution in [0.5, 0.6) is 0 Å². The van der Waals surface area contributed by atoms with Gasteiger partial charge in [-0.15, -0.1) is 5.59 Å². The van der Waals surface area contributed by atoms with Gasteiger partial charge >= 0.3 is 5.97 Å². The van der Waals surface area contributed by atoms with Crippen molar-refractivity contribution in [2.45, 2.75) is 51.7 Å². The second-order valence-corrected chi connectivity index (χ2v) is 4.85. The molecule has 15 heavy (non-hydrogen) atoms. The van der Waals surface area contributed by atoms with E-state index >= 15 is 0 Å². The smallest absolute Gasteiger partial charge is 0.312 e. The maximum Gasteiger partial charge on any atom is 0.312 e. The van der Waals surface area contributed by atoms with E-state index in [1.54, 1.807) is 0 Å². The van der Waals surface area contributed by atoms with Crippen LogP contribution in [0, 0.1) is 5.92 Å². The summed E-state index contributed by atoms with van der Waals surface area (Å²) in [6.07, 6.45) is 2.45. The standard InChI is InChI=1S/C10H20N2O3/c1-10(2,3)14-9(13)7-5-4-6-8(7)15-12-11/h7-8,12H,4-6,11H2,1-3H3/t7-,8-/m1/s1. The highest BCUT2D eigenvalue weighted by Crippen LogP contribution is 2.29. The average molecular weight is 216 g/mol. The summed E-state index contributed by atoms with van der Waals surface area (Å²) >= 11 is 0. The van der Waals surface area contributed by atoms with Crippen LogP contribution in [0.2, 0.25) is 0 Å². The van der Waals surface area contributed by atoms with E-state index in [-0.39, 0.29) is 18.0 Å². The first-order valence-electron chi connectivity index (χ1n) is 5.28. The Balaban J connectivity index is 2.51. The van der Waals surface area contributed by atoms with Crippen LogP contribution in [0.25, 0.3) is 0 Å². The van der Waals surface area contributed by atoms with Gasteiger partial charge in [-0.3, -0.25) is 9.63 Å². The molecule has 0 bridgehead atoms. The number of carbonyl (C=O) groups excluding carboxylic acids is 1. The van der Waals surface area contributed by atoms with Gasteiger partial charge in [-0.2, -0.15) is 0 Å². The van der Waals surface area contributed by atoms with E-state index in [4.69, 9.17) is 15.4 Å². The Morgan fingerprint density at radius 3 is 2.60 bits per heavy atom. The molecule has 2 atom stereocenters. The van der Waals surface area contributed by atoms with E-state index in [0.717, 1.165) is 19.3 Å². The molecular weight excluding hydrogens is 196 g/mol. The van der Waals surface area contributed by atoms with Crippen LogP contribution in [0.3, 0.4) is 0 Å². The van der Waals surface area contributed by atoms with Crippen LogP contribution >= 0.6 is 0 Å². The Morgan fingerprint density at radius 1 is 1.40 bits per heavy atom. The number of rotatable bonds is 3. The molecule has 1 fully saturated rings. The topological polar surface area (TPSA) is 73.6 Å². The number of hydrazine groups is 1. The quantitative estimate of drug-likeness (QED) is 0.416. The molecule has 0 aliphatic heterocycles. The fourth-order valence-electron chi connectivity index (χ4n) is 1.80. The molecule has 3 N–H and O–H groups in total. The summed E-state index contributed by atoms with van der Waals surface area (Å²) in [6, 6.07) is 0. The summed E-state index contributed by atoms with van der Waals surface area (Å²) in [4.78, 5) is 16.9. The fourth-order valence-corrected chi connectivity index (χ4v) is 1.80. The highest BCUT2D eigenvalue weighted by molar-refractivity contribution is 5.73. The van der Waals surface area contributed by atoms with Crippen molar-refractivity contribution in [3.63, 3.8) is 0 Å². The zero-order valence-corrected chi connectivity index (χ0v) is 9.58. The van der Waals surface area contributed by atoms with Gasteiger partial charge in [0.2, 0.25) is 0 Å². The lowest BCUT2D eigenvalue weighted by Crippen LogP contribution is -2.37. The molecule has 88 valence electrons. The zero-order chi connectivity index (χ0) is 11.5. The van der Waals surface area contributed by atoms with Crippen molar-refractivity contribution in [3.05, 3.63) is 0 Å². The molecular formula is C10H20N2O3. The maximum absolute atomic E-state index is 11.8. The summed E-state index contributed by atoms with van der Waals surface area (Å²) in [7, 11) is 0. The van der Waals surface area contributed by atoms with Crippen molar-refractivity contribution in [1.82, 2.24) is 5.59 Å². The highest BCUT2D eigenvalue weighted by Gasteiger charge is 2.36.